The molecule has 0 spiro atoms. The maximum atomic E-state index is 5.50. The summed E-state index contributed by atoms with van der Waals surface area (Å²) < 4.78 is 11.8. The van der Waals surface area contributed by atoms with Gasteiger partial charge in [0.25, 0.3) is 0 Å². The van der Waals surface area contributed by atoms with Gasteiger partial charge in [-0.3, -0.25) is 0 Å². The van der Waals surface area contributed by atoms with Crippen LogP contribution in [0.1, 0.15) is 24.1 Å². The van der Waals surface area contributed by atoms with Gasteiger partial charge in [0.05, 0.1) is 20.3 Å². The van der Waals surface area contributed by atoms with Gasteiger partial charge in [-0.05, 0) is 30.3 Å². The Bertz CT molecular complexity index is 601. The summed E-state index contributed by atoms with van der Waals surface area (Å²) in [6.45, 7) is 2.96. The molecule has 0 bridgehead atoms. The van der Waals surface area contributed by atoms with Crippen LogP contribution in [0.15, 0.2) is 46.9 Å². The van der Waals surface area contributed by atoms with E-state index in [0.717, 1.165) is 33.6 Å². The van der Waals surface area contributed by atoms with Gasteiger partial charge in [-0.1, -0.05) is 47.1 Å². The second-order valence-electron chi connectivity index (χ2n) is 4.62. The fourth-order valence-electron chi connectivity index (χ4n) is 2.37. The summed E-state index contributed by atoms with van der Waals surface area (Å²) >= 11 is 3.64. The van der Waals surface area contributed by atoms with E-state index in [4.69, 9.17) is 9.47 Å². The van der Waals surface area contributed by atoms with Gasteiger partial charge < -0.3 is 14.8 Å². The summed E-state index contributed by atoms with van der Waals surface area (Å²) in [5.74, 6) is 1.71. The van der Waals surface area contributed by atoms with Crippen LogP contribution in [0, 0.1) is 0 Å². The number of halogens is 1. The van der Waals surface area contributed by atoms with Crippen LogP contribution < -0.4 is 14.8 Å². The number of hydrogen-bond acceptors (Lipinski definition) is 3. The number of ether oxygens (including phenoxy) is 2. The van der Waals surface area contributed by atoms with E-state index in [0.29, 0.717) is 0 Å². The van der Waals surface area contributed by atoms with Crippen LogP contribution in [0.2, 0.25) is 0 Å². The average molecular weight is 350 g/mol. The van der Waals surface area contributed by atoms with Crippen LogP contribution in [-0.2, 0) is 0 Å². The predicted molar refractivity (Wildman–Crippen MR) is 89.2 cm³/mol. The Morgan fingerprint density at radius 2 is 1.81 bits per heavy atom. The van der Waals surface area contributed by atoms with Crippen molar-refractivity contribution < 1.29 is 9.47 Å². The van der Waals surface area contributed by atoms with Crippen molar-refractivity contribution in [2.45, 2.75) is 13.0 Å². The molecule has 0 fully saturated rings. The minimum atomic E-state index is 0.0615. The predicted octanol–water partition coefficient (Wildman–Crippen LogP) is 4.17. The lowest BCUT2D eigenvalue weighted by atomic mass is 9.97. The van der Waals surface area contributed by atoms with Gasteiger partial charge in [0.15, 0.2) is 0 Å². The van der Waals surface area contributed by atoms with Crippen molar-refractivity contribution in [1.29, 1.82) is 0 Å². The lowest BCUT2D eigenvalue weighted by Gasteiger charge is -2.22. The highest BCUT2D eigenvalue weighted by Gasteiger charge is 2.19. The molecule has 1 N–H and O–H groups in total. The van der Waals surface area contributed by atoms with E-state index in [1.54, 1.807) is 14.2 Å². The molecule has 21 heavy (non-hydrogen) atoms. The highest BCUT2D eigenvalue weighted by molar-refractivity contribution is 9.10. The van der Waals surface area contributed by atoms with E-state index in [2.05, 4.69) is 40.3 Å². The largest absolute Gasteiger partial charge is 0.497 e. The number of hydrogen-bond donors (Lipinski definition) is 1. The van der Waals surface area contributed by atoms with E-state index in [1.807, 2.05) is 30.3 Å². The minimum Gasteiger partial charge on any atom is -0.497 e. The third-order valence-corrected chi connectivity index (χ3v) is 4.06. The fourth-order valence-corrected chi connectivity index (χ4v) is 2.95. The zero-order chi connectivity index (χ0) is 15.2. The molecule has 2 rings (SSSR count). The second-order valence-corrected chi connectivity index (χ2v) is 5.47. The van der Waals surface area contributed by atoms with E-state index in [1.165, 1.54) is 0 Å². The Kier molecular flexibility index (Phi) is 5.65. The van der Waals surface area contributed by atoms with Crippen molar-refractivity contribution >= 4 is 15.9 Å². The Hall–Kier alpha value is -1.52. The van der Waals surface area contributed by atoms with Gasteiger partial charge in [-0.25, -0.2) is 0 Å². The first-order chi connectivity index (χ1) is 10.2. The van der Waals surface area contributed by atoms with Crippen LogP contribution in [0.4, 0.5) is 0 Å². The molecule has 4 heteroatoms. The molecule has 0 aromatic heterocycles. The molecule has 0 radical (unpaired) electrons. The minimum absolute atomic E-state index is 0.0615. The van der Waals surface area contributed by atoms with Gasteiger partial charge in [0, 0.05) is 10.0 Å². The second kappa shape index (κ2) is 7.48. The molecular weight excluding hydrogens is 330 g/mol. The number of para-hydroxylation sites is 1. The van der Waals surface area contributed by atoms with Crippen molar-refractivity contribution in [1.82, 2.24) is 5.32 Å². The van der Waals surface area contributed by atoms with Crippen molar-refractivity contribution in [3.05, 3.63) is 58.1 Å². The Morgan fingerprint density at radius 1 is 1.05 bits per heavy atom. The molecule has 2 aromatic carbocycles. The van der Waals surface area contributed by atoms with Crippen LogP contribution in [0.3, 0.4) is 0 Å². The molecule has 112 valence electrons. The van der Waals surface area contributed by atoms with Gasteiger partial charge in [-0.15, -0.1) is 0 Å². The average Bonchev–Trinajstić information content (AvgIpc) is 2.53. The topological polar surface area (TPSA) is 30.5 Å². The number of rotatable bonds is 6. The summed E-state index contributed by atoms with van der Waals surface area (Å²) in [6.07, 6.45) is 0. The van der Waals surface area contributed by atoms with E-state index in [9.17, 15) is 0 Å². The smallest absolute Gasteiger partial charge is 0.123 e. The Morgan fingerprint density at radius 3 is 2.43 bits per heavy atom. The fraction of sp³-hybridized carbons (Fsp3) is 0.294. The maximum absolute atomic E-state index is 5.50. The zero-order valence-corrected chi connectivity index (χ0v) is 14.1. The molecule has 0 heterocycles. The Balaban J connectivity index is 2.48. The highest BCUT2D eigenvalue weighted by atomic mass is 79.9. The molecule has 1 unspecified atom stereocenters. The van der Waals surface area contributed by atoms with Gasteiger partial charge >= 0.3 is 0 Å². The van der Waals surface area contributed by atoms with Crippen LogP contribution >= 0.6 is 15.9 Å². The summed E-state index contributed by atoms with van der Waals surface area (Å²) in [5.41, 5.74) is 2.27. The van der Waals surface area contributed by atoms with Crippen LogP contribution in [0.5, 0.6) is 11.5 Å². The molecule has 0 amide bonds. The van der Waals surface area contributed by atoms with Crippen molar-refractivity contribution in [2.75, 3.05) is 20.8 Å². The van der Waals surface area contributed by atoms with Crippen molar-refractivity contribution in [2.24, 2.45) is 0 Å². The molecule has 0 saturated heterocycles. The van der Waals surface area contributed by atoms with E-state index < -0.39 is 0 Å². The first kappa shape index (κ1) is 15.9. The molecule has 2 aromatic rings. The summed E-state index contributed by atoms with van der Waals surface area (Å²) in [5, 5.41) is 3.52. The molecule has 0 aliphatic heterocycles. The lowest BCUT2D eigenvalue weighted by Crippen LogP contribution is -2.23. The number of nitrogens with one attached hydrogen (secondary N) is 1. The monoisotopic (exact) mass is 349 g/mol. The molecule has 0 saturated carbocycles. The molecule has 1 atom stereocenters. The maximum Gasteiger partial charge on any atom is 0.123 e. The molecule has 0 aliphatic carbocycles. The van der Waals surface area contributed by atoms with Gasteiger partial charge in [0.1, 0.15) is 11.5 Å². The molecular formula is C17H20BrNO2. The van der Waals surface area contributed by atoms with Gasteiger partial charge in [0.2, 0.25) is 0 Å². The normalized spacial score (nSPS) is 12.0. The summed E-state index contributed by atoms with van der Waals surface area (Å²) in [4.78, 5) is 0. The lowest BCUT2D eigenvalue weighted by molar-refractivity contribution is 0.404. The van der Waals surface area contributed by atoms with E-state index in [-0.39, 0.29) is 6.04 Å². The first-order valence-electron chi connectivity index (χ1n) is 6.91. The quantitative estimate of drug-likeness (QED) is 0.848. The standard InChI is InChI=1S/C17H20BrNO2/c1-4-19-17(14-7-5-6-8-16(14)21-3)13-10-9-12(20-2)11-15(13)18/h5-11,17,19H,4H2,1-3H3. The summed E-state index contributed by atoms with van der Waals surface area (Å²) in [7, 11) is 3.37. The Labute approximate surface area is 134 Å². The number of methoxy groups -OCH3 is 2. The van der Waals surface area contributed by atoms with Gasteiger partial charge in [-0.2, -0.15) is 0 Å². The summed E-state index contributed by atoms with van der Waals surface area (Å²) in [6, 6.07) is 14.2. The first-order valence-corrected chi connectivity index (χ1v) is 7.70. The molecule has 0 aliphatic rings. The highest BCUT2D eigenvalue weighted by Crippen LogP contribution is 2.35. The van der Waals surface area contributed by atoms with Crippen LogP contribution in [0.25, 0.3) is 0 Å². The van der Waals surface area contributed by atoms with Crippen LogP contribution in [-0.4, -0.2) is 20.8 Å². The van der Waals surface area contributed by atoms with Crippen molar-refractivity contribution in [3.8, 4) is 11.5 Å². The van der Waals surface area contributed by atoms with Crippen molar-refractivity contribution in [3.63, 3.8) is 0 Å². The third kappa shape index (κ3) is 3.57. The number of benzene rings is 2. The SMILES string of the molecule is CCNC(c1ccc(OC)cc1Br)c1ccccc1OC. The zero-order valence-electron chi connectivity index (χ0n) is 12.5. The van der Waals surface area contributed by atoms with E-state index >= 15 is 0 Å². The third-order valence-electron chi connectivity index (χ3n) is 3.38. The molecule has 3 nitrogen and oxygen atoms in total.